The molecule has 0 amide bonds. The van der Waals surface area contributed by atoms with Gasteiger partial charge in [0.25, 0.3) is 0 Å². The highest BCUT2D eigenvalue weighted by molar-refractivity contribution is 4.81. The first kappa shape index (κ1) is 9.00. The zero-order valence-corrected chi connectivity index (χ0v) is 7.12. The summed E-state index contributed by atoms with van der Waals surface area (Å²) in [6.07, 6.45) is 3.93. The lowest BCUT2D eigenvalue weighted by Gasteiger charge is -2.04. The van der Waals surface area contributed by atoms with Gasteiger partial charge in [0.15, 0.2) is 0 Å². The van der Waals surface area contributed by atoms with Gasteiger partial charge in [0.1, 0.15) is 0 Å². The van der Waals surface area contributed by atoms with Crippen LogP contribution in [0.15, 0.2) is 0 Å². The summed E-state index contributed by atoms with van der Waals surface area (Å²) in [5, 5.41) is 0. The van der Waals surface area contributed by atoms with Crippen LogP contribution >= 0.6 is 0 Å². The van der Waals surface area contributed by atoms with Crippen LogP contribution in [0.1, 0.15) is 47.0 Å². The SMILES string of the molecule is C[C](C)CCC[C](C)C. The van der Waals surface area contributed by atoms with Crippen molar-refractivity contribution in [1.29, 1.82) is 0 Å². The lowest BCUT2D eigenvalue weighted by molar-refractivity contribution is 0.700. The molecule has 0 rings (SSSR count). The molecule has 0 bridgehead atoms. The quantitative estimate of drug-likeness (QED) is 0.541. The monoisotopic (exact) mass is 126 g/mol. The van der Waals surface area contributed by atoms with Crippen molar-refractivity contribution in [2.75, 3.05) is 0 Å². The van der Waals surface area contributed by atoms with Crippen LogP contribution in [0.2, 0.25) is 0 Å². The van der Waals surface area contributed by atoms with Gasteiger partial charge in [-0.15, -0.1) is 0 Å². The molecule has 54 valence electrons. The van der Waals surface area contributed by atoms with Crippen LogP contribution in [0.4, 0.5) is 0 Å². The predicted octanol–water partition coefficient (Wildman–Crippen LogP) is 3.39. The van der Waals surface area contributed by atoms with Crippen LogP contribution < -0.4 is 0 Å². The molecule has 0 aliphatic carbocycles. The van der Waals surface area contributed by atoms with Crippen molar-refractivity contribution in [1.82, 2.24) is 0 Å². The molecule has 0 aliphatic rings. The smallest absolute Gasteiger partial charge is 0.0303 e. The molecule has 0 heterocycles. The van der Waals surface area contributed by atoms with Crippen LogP contribution in [0.5, 0.6) is 0 Å². The van der Waals surface area contributed by atoms with E-state index in [2.05, 4.69) is 27.7 Å². The molecule has 0 spiro atoms. The topological polar surface area (TPSA) is 0 Å². The molecule has 0 aromatic rings. The molecule has 0 aromatic carbocycles. The molecule has 0 N–H and O–H groups in total. The minimum absolute atomic E-state index is 1.30. The maximum atomic E-state index is 2.20. The molecular weight excluding hydrogens is 108 g/mol. The minimum Gasteiger partial charge on any atom is -0.0594 e. The molecule has 0 unspecified atom stereocenters. The van der Waals surface area contributed by atoms with Crippen molar-refractivity contribution >= 4 is 0 Å². The van der Waals surface area contributed by atoms with Gasteiger partial charge in [0.2, 0.25) is 0 Å². The summed E-state index contributed by atoms with van der Waals surface area (Å²) in [6.45, 7) is 8.80. The van der Waals surface area contributed by atoms with Crippen molar-refractivity contribution in [3.05, 3.63) is 11.8 Å². The van der Waals surface area contributed by atoms with E-state index in [1.165, 1.54) is 19.3 Å². The Hall–Kier alpha value is 0. The third-order valence-electron chi connectivity index (χ3n) is 1.35. The van der Waals surface area contributed by atoms with E-state index in [1.54, 1.807) is 11.8 Å². The lowest BCUT2D eigenvalue weighted by atomic mass is 10.0. The summed E-state index contributed by atoms with van der Waals surface area (Å²) in [5.74, 6) is 3.10. The minimum atomic E-state index is 1.30. The van der Waals surface area contributed by atoms with E-state index in [0.29, 0.717) is 0 Å². The molecular formula is C9H18. The third-order valence-corrected chi connectivity index (χ3v) is 1.35. The van der Waals surface area contributed by atoms with Gasteiger partial charge < -0.3 is 0 Å². The number of rotatable bonds is 4. The van der Waals surface area contributed by atoms with E-state index in [9.17, 15) is 0 Å². The fraction of sp³-hybridized carbons (Fsp3) is 0.778. The number of hydrogen-bond donors (Lipinski definition) is 0. The zero-order chi connectivity index (χ0) is 7.28. The number of hydrogen-bond acceptors (Lipinski definition) is 0. The van der Waals surface area contributed by atoms with Gasteiger partial charge in [-0.3, -0.25) is 0 Å². The second-order valence-electron chi connectivity index (χ2n) is 3.27. The largest absolute Gasteiger partial charge is 0.0594 e. The molecule has 0 aromatic heterocycles. The zero-order valence-electron chi connectivity index (χ0n) is 7.12. The van der Waals surface area contributed by atoms with Crippen LogP contribution in [0, 0.1) is 11.8 Å². The summed E-state index contributed by atoms with van der Waals surface area (Å²) < 4.78 is 0. The Morgan fingerprint density at radius 2 is 1.11 bits per heavy atom. The van der Waals surface area contributed by atoms with Crippen molar-refractivity contribution in [2.24, 2.45) is 0 Å². The van der Waals surface area contributed by atoms with Gasteiger partial charge in [0, 0.05) is 0 Å². The first-order valence-corrected chi connectivity index (χ1v) is 3.71. The Morgan fingerprint density at radius 3 is 1.33 bits per heavy atom. The molecule has 0 saturated carbocycles. The fourth-order valence-electron chi connectivity index (χ4n) is 0.795. The first-order chi connectivity index (χ1) is 4.13. The molecule has 0 aliphatic heterocycles. The summed E-state index contributed by atoms with van der Waals surface area (Å²) in [4.78, 5) is 0. The molecule has 0 atom stereocenters. The normalized spacial score (nSPS) is 11.3. The average Bonchev–Trinajstić information content (AvgIpc) is 1.63. The molecule has 0 heteroatoms. The molecule has 0 nitrogen and oxygen atoms in total. The molecule has 0 fully saturated rings. The van der Waals surface area contributed by atoms with Crippen molar-refractivity contribution in [3.8, 4) is 0 Å². The molecule has 0 saturated heterocycles. The Kier molecular flexibility index (Phi) is 4.84. The third kappa shape index (κ3) is 8.00. The van der Waals surface area contributed by atoms with Gasteiger partial charge in [-0.2, -0.15) is 0 Å². The molecule has 9 heavy (non-hydrogen) atoms. The van der Waals surface area contributed by atoms with E-state index in [1.807, 2.05) is 0 Å². The van der Waals surface area contributed by atoms with Gasteiger partial charge in [0.05, 0.1) is 0 Å². The van der Waals surface area contributed by atoms with E-state index in [4.69, 9.17) is 0 Å². The summed E-state index contributed by atoms with van der Waals surface area (Å²) in [6, 6.07) is 0. The average molecular weight is 126 g/mol. The summed E-state index contributed by atoms with van der Waals surface area (Å²) in [5.41, 5.74) is 0. The van der Waals surface area contributed by atoms with Crippen molar-refractivity contribution in [3.63, 3.8) is 0 Å². The van der Waals surface area contributed by atoms with Crippen molar-refractivity contribution < 1.29 is 0 Å². The van der Waals surface area contributed by atoms with Gasteiger partial charge in [-0.1, -0.05) is 34.1 Å². The molecule has 2 radical (unpaired) electrons. The van der Waals surface area contributed by atoms with Crippen molar-refractivity contribution in [2.45, 2.75) is 47.0 Å². The standard InChI is InChI=1S/C9H18/c1-8(2)6-5-7-9(3)4/h5-7H2,1-4H3. The van der Waals surface area contributed by atoms with Crippen LogP contribution in [0.25, 0.3) is 0 Å². The Morgan fingerprint density at radius 1 is 0.778 bits per heavy atom. The van der Waals surface area contributed by atoms with Crippen LogP contribution in [-0.4, -0.2) is 0 Å². The van der Waals surface area contributed by atoms with E-state index < -0.39 is 0 Å². The van der Waals surface area contributed by atoms with Crippen LogP contribution in [-0.2, 0) is 0 Å². The second kappa shape index (κ2) is 4.84. The van der Waals surface area contributed by atoms with Gasteiger partial charge >= 0.3 is 0 Å². The summed E-state index contributed by atoms with van der Waals surface area (Å²) >= 11 is 0. The highest BCUT2D eigenvalue weighted by atomic mass is 14.0. The highest BCUT2D eigenvalue weighted by Gasteiger charge is 1.96. The van der Waals surface area contributed by atoms with E-state index in [-0.39, 0.29) is 0 Å². The predicted molar refractivity (Wildman–Crippen MR) is 43.0 cm³/mol. The first-order valence-electron chi connectivity index (χ1n) is 3.71. The second-order valence-corrected chi connectivity index (χ2v) is 3.27. The Labute approximate surface area is 59.7 Å². The Bertz CT molecular complexity index is 45.1. The maximum Gasteiger partial charge on any atom is -0.0303 e. The van der Waals surface area contributed by atoms with Gasteiger partial charge in [-0.25, -0.2) is 0 Å². The fourth-order valence-corrected chi connectivity index (χ4v) is 0.795. The summed E-state index contributed by atoms with van der Waals surface area (Å²) in [7, 11) is 0. The van der Waals surface area contributed by atoms with Gasteiger partial charge in [-0.05, 0) is 24.7 Å². The lowest BCUT2D eigenvalue weighted by Crippen LogP contribution is -1.88. The van der Waals surface area contributed by atoms with E-state index in [0.717, 1.165) is 0 Å². The van der Waals surface area contributed by atoms with E-state index >= 15 is 0 Å². The maximum absolute atomic E-state index is 2.20. The van der Waals surface area contributed by atoms with Crippen LogP contribution in [0.3, 0.4) is 0 Å². The highest BCUT2D eigenvalue weighted by Crippen LogP contribution is 2.13. The Balaban J connectivity index is 2.91.